The van der Waals surface area contributed by atoms with E-state index in [4.69, 9.17) is 4.74 Å². The van der Waals surface area contributed by atoms with E-state index in [9.17, 15) is 24.5 Å². The van der Waals surface area contributed by atoms with Crippen LogP contribution in [0, 0.1) is 28.9 Å². The molecule has 0 aromatic heterocycles. The summed E-state index contributed by atoms with van der Waals surface area (Å²) in [5.41, 5.74) is 2.14. The molecule has 0 saturated carbocycles. The Kier molecular flexibility index (Phi) is 4.59. The highest BCUT2D eigenvalue weighted by atomic mass is 16.6. The van der Waals surface area contributed by atoms with Gasteiger partial charge in [-0.25, -0.2) is 4.90 Å². The molecule has 168 valence electrons. The number of carbonyl (C=O) groups is 3. The fraction of sp³-hybridized carbons (Fsp3) is 0.292. The molecular weight excluding hydrogens is 426 g/mol. The van der Waals surface area contributed by atoms with E-state index in [1.165, 1.54) is 25.1 Å². The molecule has 2 saturated heterocycles. The normalized spacial score (nSPS) is 25.1. The van der Waals surface area contributed by atoms with Crippen LogP contribution in [0.25, 0.3) is 6.08 Å². The molecule has 9 heteroatoms. The first-order valence-corrected chi connectivity index (χ1v) is 10.5. The third-order valence-electron chi connectivity index (χ3n) is 6.77. The first kappa shape index (κ1) is 20.9. The molecule has 0 unspecified atom stereocenters. The molecule has 0 aliphatic carbocycles. The van der Waals surface area contributed by atoms with Crippen molar-refractivity contribution in [3.8, 4) is 5.75 Å². The van der Waals surface area contributed by atoms with Crippen LogP contribution >= 0.6 is 0 Å². The van der Waals surface area contributed by atoms with Crippen molar-refractivity contribution in [3.63, 3.8) is 0 Å². The Hall–Kier alpha value is -4.01. The predicted octanol–water partition coefficient (Wildman–Crippen LogP) is 2.89. The maximum absolute atomic E-state index is 13.6. The highest BCUT2D eigenvalue weighted by Crippen LogP contribution is 2.50. The molecule has 2 amide bonds. The zero-order valence-electron chi connectivity index (χ0n) is 18.2. The summed E-state index contributed by atoms with van der Waals surface area (Å²) in [5.74, 6) is -2.16. The van der Waals surface area contributed by atoms with Crippen molar-refractivity contribution in [3.05, 3.63) is 63.7 Å². The Labute approximate surface area is 189 Å². The molecule has 9 nitrogen and oxygen atoms in total. The zero-order valence-corrected chi connectivity index (χ0v) is 18.2. The van der Waals surface area contributed by atoms with Gasteiger partial charge in [0, 0.05) is 23.4 Å². The molecule has 2 aromatic carbocycles. The first-order valence-electron chi connectivity index (χ1n) is 10.5. The molecule has 0 spiro atoms. The van der Waals surface area contributed by atoms with Crippen LogP contribution in [0.4, 0.5) is 17.1 Å². The molecule has 5 rings (SSSR count). The monoisotopic (exact) mass is 447 g/mol. The molecule has 3 aliphatic heterocycles. The number of ether oxygens (including phenoxy) is 1. The molecule has 4 atom stereocenters. The summed E-state index contributed by atoms with van der Waals surface area (Å²) >= 11 is 0. The summed E-state index contributed by atoms with van der Waals surface area (Å²) < 4.78 is 5.29. The van der Waals surface area contributed by atoms with Crippen LogP contribution in [0.1, 0.15) is 18.1 Å². The topological polar surface area (TPSA) is 110 Å². The molecule has 0 radical (unpaired) electrons. The lowest BCUT2D eigenvalue weighted by Gasteiger charge is -2.36. The Balaban J connectivity index is 1.61. The van der Waals surface area contributed by atoms with Crippen LogP contribution in [-0.4, -0.2) is 41.7 Å². The number of benzene rings is 2. The van der Waals surface area contributed by atoms with E-state index in [0.717, 1.165) is 16.2 Å². The molecule has 0 bridgehead atoms. The van der Waals surface area contributed by atoms with Crippen LogP contribution in [-0.2, 0) is 14.4 Å². The van der Waals surface area contributed by atoms with E-state index >= 15 is 0 Å². The van der Waals surface area contributed by atoms with Crippen LogP contribution < -0.4 is 14.5 Å². The number of amides is 2. The Bertz CT molecular complexity index is 1270. The number of nitrogens with zero attached hydrogens (tertiary/aromatic N) is 3. The minimum absolute atomic E-state index is 0.187. The number of Topliss-reactive ketones (excluding diaryl/α,β-unsaturated/α-hetero) is 1. The molecule has 0 N–H and O–H groups in total. The van der Waals surface area contributed by atoms with Crippen LogP contribution in [0.15, 0.2) is 42.5 Å². The van der Waals surface area contributed by atoms with Crippen LogP contribution in [0.5, 0.6) is 5.75 Å². The van der Waals surface area contributed by atoms with Crippen LogP contribution in [0.2, 0.25) is 0 Å². The van der Waals surface area contributed by atoms with Crippen molar-refractivity contribution < 1.29 is 24.0 Å². The quantitative estimate of drug-likeness (QED) is 0.403. The van der Waals surface area contributed by atoms with Crippen LogP contribution in [0.3, 0.4) is 0 Å². The molecular formula is C24H21N3O6. The first-order chi connectivity index (χ1) is 15.7. The number of hydrogen-bond acceptors (Lipinski definition) is 7. The van der Waals surface area contributed by atoms with Gasteiger partial charge in [-0.05, 0) is 37.6 Å². The number of anilines is 2. The second-order valence-electron chi connectivity index (χ2n) is 8.53. The van der Waals surface area contributed by atoms with E-state index < -0.39 is 40.7 Å². The minimum atomic E-state index is -0.878. The number of fused-ring (bicyclic) bond motifs is 5. The minimum Gasteiger partial charge on any atom is -0.497 e. The number of imide groups is 1. The van der Waals surface area contributed by atoms with Crippen molar-refractivity contribution in [1.29, 1.82) is 0 Å². The van der Waals surface area contributed by atoms with Crippen molar-refractivity contribution >= 4 is 40.7 Å². The van der Waals surface area contributed by atoms with Crippen molar-refractivity contribution in [2.75, 3.05) is 16.9 Å². The molecule has 2 aromatic rings. The molecule has 33 heavy (non-hydrogen) atoms. The van der Waals surface area contributed by atoms with E-state index in [1.54, 1.807) is 20.1 Å². The van der Waals surface area contributed by atoms with Gasteiger partial charge in [-0.2, -0.15) is 0 Å². The second-order valence-corrected chi connectivity index (χ2v) is 8.53. The highest BCUT2D eigenvalue weighted by molar-refractivity contribution is 6.25. The Morgan fingerprint density at radius 1 is 1.06 bits per heavy atom. The number of ketones is 1. The number of aryl methyl sites for hydroxylation is 1. The summed E-state index contributed by atoms with van der Waals surface area (Å²) in [6, 6.07) is 8.24. The predicted molar refractivity (Wildman–Crippen MR) is 120 cm³/mol. The number of carbonyl (C=O) groups excluding carboxylic acids is 3. The number of non-ortho nitro benzene ring substituents is 1. The number of nitro groups is 1. The van der Waals surface area contributed by atoms with Gasteiger partial charge < -0.3 is 9.64 Å². The summed E-state index contributed by atoms with van der Waals surface area (Å²) in [4.78, 5) is 53.6. The highest BCUT2D eigenvalue weighted by Gasteiger charge is 2.63. The van der Waals surface area contributed by atoms with E-state index in [2.05, 4.69) is 0 Å². The lowest BCUT2D eigenvalue weighted by atomic mass is 9.88. The van der Waals surface area contributed by atoms with Crippen molar-refractivity contribution in [2.24, 2.45) is 11.8 Å². The van der Waals surface area contributed by atoms with E-state index in [1.807, 2.05) is 29.2 Å². The molecule has 3 aliphatic rings. The lowest BCUT2D eigenvalue weighted by Crippen LogP contribution is -2.48. The van der Waals surface area contributed by atoms with Gasteiger partial charge >= 0.3 is 0 Å². The largest absolute Gasteiger partial charge is 0.497 e. The summed E-state index contributed by atoms with van der Waals surface area (Å²) in [5, 5.41) is 11.3. The Morgan fingerprint density at radius 2 is 1.79 bits per heavy atom. The maximum atomic E-state index is 13.6. The second kappa shape index (κ2) is 7.26. The van der Waals surface area contributed by atoms with Gasteiger partial charge in [0.15, 0.2) is 5.78 Å². The van der Waals surface area contributed by atoms with Gasteiger partial charge in [0.25, 0.3) is 5.69 Å². The average molecular weight is 447 g/mol. The van der Waals surface area contributed by atoms with Gasteiger partial charge in [0.2, 0.25) is 11.8 Å². The van der Waals surface area contributed by atoms with Gasteiger partial charge in [0.1, 0.15) is 11.8 Å². The van der Waals surface area contributed by atoms with Gasteiger partial charge in [0.05, 0.1) is 35.6 Å². The van der Waals surface area contributed by atoms with E-state index in [-0.39, 0.29) is 17.2 Å². The number of nitro benzene ring substituents is 1. The lowest BCUT2D eigenvalue weighted by molar-refractivity contribution is -0.384. The SMILES string of the molecule is COc1ccc2c(c1)C=C[C@@H]1[C@@H]3C(=O)N(c4cc([N+](=O)[O-])ccc4C)C(=O)[C@@H]3[C@@H](C(C)=O)N21. The standard InChI is InChI=1S/C24H21N3O6/c1-12-4-6-15(27(31)32)11-19(12)26-23(29)20-18-8-5-14-10-16(33-3)7-9-17(14)25(18)22(13(2)28)21(20)24(26)30/h4-11,18,20-22H,1-3H3/t18-,20+,21+,22-/m1/s1. The summed E-state index contributed by atoms with van der Waals surface area (Å²) in [6.45, 7) is 3.11. The molecule has 2 fully saturated rings. The zero-order chi connectivity index (χ0) is 23.6. The van der Waals surface area contributed by atoms with Gasteiger partial charge in [-0.1, -0.05) is 18.2 Å². The average Bonchev–Trinajstić information content (AvgIpc) is 3.26. The van der Waals surface area contributed by atoms with Crippen molar-refractivity contribution in [1.82, 2.24) is 0 Å². The number of methoxy groups -OCH3 is 1. The fourth-order valence-electron chi connectivity index (χ4n) is 5.33. The number of rotatable bonds is 4. The third kappa shape index (κ3) is 2.88. The van der Waals surface area contributed by atoms with Crippen molar-refractivity contribution in [2.45, 2.75) is 25.9 Å². The summed E-state index contributed by atoms with van der Waals surface area (Å²) in [6.07, 6.45) is 3.72. The Morgan fingerprint density at radius 3 is 2.45 bits per heavy atom. The van der Waals surface area contributed by atoms with Gasteiger partial charge in [-0.3, -0.25) is 24.5 Å². The number of hydrogen-bond donors (Lipinski definition) is 0. The third-order valence-corrected chi connectivity index (χ3v) is 6.77. The summed E-state index contributed by atoms with van der Waals surface area (Å²) in [7, 11) is 1.57. The molecule has 3 heterocycles. The maximum Gasteiger partial charge on any atom is 0.271 e. The smallest absolute Gasteiger partial charge is 0.271 e. The van der Waals surface area contributed by atoms with Gasteiger partial charge in [-0.15, -0.1) is 0 Å². The fourth-order valence-corrected chi connectivity index (χ4v) is 5.33. The van der Waals surface area contributed by atoms with E-state index in [0.29, 0.717) is 11.3 Å².